The summed E-state index contributed by atoms with van der Waals surface area (Å²) < 4.78 is 0. The van der Waals surface area contributed by atoms with E-state index in [0.717, 1.165) is 37.0 Å². The summed E-state index contributed by atoms with van der Waals surface area (Å²) in [5, 5.41) is 15.8. The van der Waals surface area contributed by atoms with Gasteiger partial charge in [-0.15, -0.1) is 0 Å². The van der Waals surface area contributed by atoms with Crippen LogP contribution in [-0.2, 0) is 4.79 Å². The van der Waals surface area contributed by atoms with Crippen molar-refractivity contribution in [3.8, 4) is 0 Å². The van der Waals surface area contributed by atoms with Gasteiger partial charge in [-0.05, 0) is 30.9 Å². The van der Waals surface area contributed by atoms with Crippen molar-refractivity contribution in [2.24, 2.45) is 11.3 Å². The molecule has 1 unspecified atom stereocenters. The molecule has 1 amide bonds. The minimum atomic E-state index is -0.393. The third-order valence-electron chi connectivity index (χ3n) is 5.06. The molecule has 1 N–H and O–H groups in total. The lowest BCUT2D eigenvalue weighted by atomic mass is 9.93. The van der Waals surface area contributed by atoms with Crippen molar-refractivity contribution in [3.63, 3.8) is 0 Å². The molecule has 144 valence electrons. The average molecular weight is 370 g/mol. The first-order valence-corrected chi connectivity index (χ1v) is 9.32. The van der Waals surface area contributed by atoms with Crippen molar-refractivity contribution in [3.05, 3.63) is 40.7 Å². The Balaban J connectivity index is 1.80. The molecular weight excluding hydrogens is 344 g/mol. The number of nitro benzene ring substituents is 1. The van der Waals surface area contributed by atoms with E-state index in [2.05, 4.69) is 15.2 Å². The Morgan fingerprint density at radius 2 is 2.11 bits per heavy atom. The van der Waals surface area contributed by atoms with Gasteiger partial charge in [-0.25, -0.2) is 0 Å². The summed E-state index contributed by atoms with van der Waals surface area (Å²) in [6.07, 6.45) is 5.31. The second kappa shape index (κ2) is 7.50. The molecule has 0 saturated carbocycles. The number of amides is 1. The summed E-state index contributed by atoms with van der Waals surface area (Å²) in [5.74, 6) is 0.420. The Labute approximate surface area is 158 Å². The van der Waals surface area contributed by atoms with Gasteiger partial charge in [0.05, 0.1) is 10.3 Å². The Morgan fingerprint density at radius 1 is 1.33 bits per heavy atom. The van der Waals surface area contributed by atoms with Crippen LogP contribution in [0.3, 0.4) is 0 Å². The van der Waals surface area contributed by atoms with Crippen molar-refractivity contribution < 1.29 is 9.72 Å². The van der Waals surface area contributed by atoms with Gasteiger partial charge in [-0.3, -0.25) is 19.9 Å². The van der Waals surface area contributed by atoms with E-state index < -0.39 is 5.41 Å². The zero-order valence-electron chi connectivity index (χ0n) is 16.1. The van der Waals surface area contributed by atoms with Crippen molar-refractivity contribution in [2.75, 3.05) is 24.5 Å². The quantitative estimate of drug-likeness (QED) is 0.657. The number of aromatic nitrogens is 1. The third-order valence-corrected chi connectivity index (χ3v) is 5.06. The fraction of sp³-hybridized carbons (Fsp3) is 0.500. The summed E-state index contributed by atoms with van der Waals surface area (Å²) in [6, 6.07) is 5.23. The van der Waals surface area contributed by atoms with E-state index in [4.69, 9.17) is 0 Å². The van der Waals surface area contributed by atoms with Gasteiger partial charge in [0.2, 0.25) is 5.91 Å². The maximum absolute atomic E-state index is 12.1. The predicted molar refractivity (Wildman–Crippen MR) is 106 cm³/mol. The smallest absolute Gasteiger partial charge is 0.278 e. The molecule has 7 heteroatoms. The van der Waals surface area contributed by atoms with Crippen molar-refractivity contribution in [1.82, 2.24) is 10.3 Å². The number of carbonyl (C=O) groups is 1. The first-order valence-electron chi connectivity index (χ1n) is 9.32. The molecule has 3 rings (SSSR count). The number of nitro groups is 1. The summed E-state index contributed by atoms with van der Waals surface area (Å²) in [5.41, 5.74) is 0.674. The summed E-state index contributed by atoms with van der Waals surface area (Å²) in [7, 11) is 0. The number of non-ortho nitro benzene ring substituents is 1. The number of hydrogen-bond donors (Lipinski definition) is 1. The maximum Gasteiger partial charge on any atom is 0.278 e. The van der Waals surface area contributed by atoms with Gasteiger partial charge < -0.3 is 10.2 Å². The molecule has 1 atom stereocenters. The molecule has 1 aromatic carbocycles. The highest BCUT2D eigenvalue weighted by atomic mass is 16.6. The highest BCUT2D eigenvalue weighted by Gasteiger charge is 2.26. The molecule has 1 aliphatic heterocycles. The highest BCUT2D eigenvalue weighted by molar-refractivity contribution is 5.99. The van der Waals surface area contributed by atoms with Gasteiger partial charge in [0.1, 0.15) is 0 Å². The molecule has 1 saturated heterocycles. The van der Waals surface area contributed by atoms with Crippen LogP contribution in [0.15, 0.2) is 30.6 Å². The van der Waals surface area contributed by atoms with Crippen LogP contribution in [0.4, 0.5) is 11.4 Å². The zero-order chi connectivity index (χ0) is 19.6. The second-order valence-electron chi connectivity index (χ2n) is 8.20. The van der Waals surface area contributed by atoms with Gasteiger partial charge in [-0.2, -0.15) is 0 Å². The van der Waals surface area contributed by atoms with Crippen LogP contribution >= 0.6 is 0 Å². The maximum atomic E-state index is 12.1. The molecule has 2 aromatic rings. The lowest BCUT2D eigenvalue weighted by molar-refractivity contribution is -0.383. The van der Waals surface area contributed by atoms with Crippen LogP contribution in [-0.4, -0.2) is 35.4 Å². The minimum Gasteiger partial charge on any atom is -0.371 e. The molecule has 0 aliphatic carbocycles. The molecule has 7 nitrogen and oxygen atoms in total. The molecule has 1 fully saturated rings. The first kappa shape index (κ1) is 19.1. The van der Waals surface area contributed by atoms with E-state index in [1.165, 1.54) is 0 Å². The van der Waals surface area contributed by atoms with Gasteiger partial charge >= 0.3 is 0 Å². The Kier molecular flexibility index (Phi) is 5.30. The molecule has 2 heterocycles. The fourth-order valence-electron chi connectivity index (χ4n) is 3.55. The average Bonchev–Trinajstić information content (AvgIpc) is 2.64. The summed E-state index contributed by atoms with van der Waals surface area (Å²) in [4.78, 5) is 29.4. The standard InChI is InChI=1S/C20H26N4O3/c1-20(2,3)19(25)22-11-14-5-4-10-23(13-14)17-6-7-18(24(26)27)16-12-21-9-8-15(16)17/h6-9,12,14H,4-5,10-11,13H2,1-3H3,(H,22,25). The molecule has 0 radical (unpaired) electrons. The number of fused-ring (bicyclic) bond motifs is 1. The molecule has 0 bridgehead atoms. The van der Waals surface area contributed by atoms with E-state index in [0.29, 0.717) is 17.8 Å². The number of nitrogens with zero attached hydrogens (tertiary/aromatic N) is 3. The van der Waals surface area contributed by atoms with Gasteiger partial charge in [0.15, 0.2) is 0 Å². The number of pyridine rings is 1. The van der Waals surface area contributed by atoms with Crippen molar-refractivity contribution in [1.29, 1.82) is 0 Å². The van der Waals surface area contributed by atoms with Crippen LogP contribution < -0.4 is 10.2 Å². The van der Waals surface area contributed by atoms with Crippen LogP contribution in [0.1, 0.15) is 33.6 Å². The zero-order valence-corrected chi connectivity index (χ0v) is 16.1. The number of hydrogen-bond acceptors (Lipinski definition) is 5. The number of rotatable bonds is 4. The molecular formula is C20H26N4O3. The topological polar surface area (TPSA) is 88.4 Å². The van der Waals surface area contributed by atoms with E-state index in [9.17, 15) is 14.9 Å². The van der Waals surface area contributed by atoms with Crippen LogP contribution in [0, 0.1) is 21.4 Å². The fourth-order valence-corrected chi connectivity index (χ4v) is 3.55. The van der Waals surface area contributed by atoms with Gasteiger partial charge in [0.25, 0.3) is 5.69 Å². The first-order chi connectivity index (χ1) is 12.8. The van der Waals surface area contributed by atoms with Gasteiger partial charge in [0, 0.05) is 54.6 Å². The largest absolute Gasteiger partial charge is 0.371 e. The third kappa shape index (κ3) is 4.18. The number of nitrogens with one attached hydrogen (secondary N) is 1. The van der Waals surface area contributed by atoms with Crippen LogP contribution in [0.25, 0.3) is 10.8 Å². The van der Waals surface area contributed by atoms with Gasteiger partial charge in [-0.1, -0.05) is 20.8 Å². The SMILES string of the molecule is CC(C)(C)C(=O)NCC1CCCN(c2ccc([N+](=O)[O-])c3cnccc23)C1. The Bertz CT molecular complexity index is 860. The number of benzene rings is 1. The number of piperidine rings is 1. The van der Waals surface area contributed by atoms with Crippen LogP contribution in [0.5, 0.6) is 0 Å². The highest BCUT2D eigenvalue weighted by Crippen LogP contribution is 2.34. The van der Waals surface area contributed by atoms with E-state index >= 15 is 0 Å². The van der Waals surface area contributed by atoms with Crippen molar-refractivity contribution in [2.45, 2.75) is 33.6 Å². The van der Waals surface area contributed by atoms with E-state index in [-0.39, 0.29) is 16.5 Å². The van der Waals surface area contributed by atoms with E-state index in [1.807, 2.05) is 32.9 Å². The van der Waals surface area contributed by atoms with E-state index in [1.54, 1.807) is 18.5 Å². The number of carbonyl (C=O) groups excluding carboxylic acids is 1. The molecule has 0 spiro atoms. The lowest BCUT2D eigenvalue weighted by Gasteiger charge is -2.35. The molecule has 27 heavy (non-hydrogen) atoms. The predicted octanol–water partition coefficient (Wildman–Crippen LogP) is 3.52. The van der Waals surface area contributed by atoms with Crippen LogP contribution in [0.2, 0.25) is 0 Å². The Hall–Kier alpha value is -2.70. The minimum absolute atomic E-state index is 0.0616. The summed E-state index contributed by atoms with van der Waals surface area (Å²) >= 11 is 0. The lowest BCUT2D eigenvalue weighted by Crippen LogP contribution is -2.43. The number of anilines is 1. The molecule has 1 aromatic heterocycles. The second-order valence-corrected chi connectivity index (χ2v) is 8.20. The normalized spacial score (nSPS) is 17.7. The summed E-state index contributed by atoms with van der Waals surface area (Å²) in [6.45, 7) is 8.10. The molecule has 1 aliphatic rings. The Morgan fingerprint density at radius 3 is 2.81 bits per heavy atom. The van der Waals surface area contributed by atoms with Crippen molar-refractivity contribution >= 4 is 28.1 Å². The monoisotopic (exact) mass is 370 g/mol.